The summed E-state index contributed by atoms with van der Waals surface area (Å²) in [5.41, 5.74) is 3.78. The minimum absolute atomic E-state index is 0.626. The first-order chi connectivity index (χ1) is 10.2. The maximum atomic E-state index is 6.22. The van der Waals surface area contributed by atoms with Gasteiger partial charge in [-0.25, -0.2) is 0 Å². The molecular weight excluding hydrogens is 302 g/mol. The van der Waals surface area contributed by atoms with E-state index in [4.69, 9.17) is 23.8 Å². The Kier molecular flexibility index (Phi) is 2.80. The quantitative estimate of drug-likeness (QED) is 0.508. The normalized spacial score (nSPS) is 11.3. The van der Waals surface area contributed by atoms with Crippen LogP contribution in [0.15, 0.2) is 54.7 Å². The van der Waals surface area contributed by atoms with Gasteiger partial charge in [0.15, 0.2) is 4.77 Å². The van der Waals surface area contributed by atoms with Crippen LogP contribution < -0.4 is 0 Å². The summed E-state index contributed by atoms with van der Waals surface area (Å²) >= 11 is 11.7. The number of nitrogens with one attached hydrogen (secondary N) is 1. The summed E-state index contributed by atoms with van der Waals surface area (Å²) in [7, 11) is 0. The van der Waals surface area contributed by atoms with E-state index in [9.17, 15) is 0 Å². The van der Waals surface area contributed by atoms with E-state index >= 15 is 0 Å². The van der Waals surface area contributed by atoms with Crippen LogP contribution in [0.2, 0.25) is 5.02 Å². The number of benzene rings is 2. The molecule has 0 aliphatic carbocycles. The van der Waals surface area contributed by atoms with E-state index in [1.165, 1.54) is 0 Å². The zero-order chi connectivity index (χ0) is 14.4. The second-order valence-corrected chi connectivity index (χ2v) is 5.57. The van der Waals surface area contributed by atoms with E-state index in [1.54, 1.807) is 6.20 Å². The molecule has 102 valence electrons. The highest BCUT2D eigenvalue weighted by Crippen LogP contribution is 2.26. The van der Waals surface area contributed by atoms with Crippen LogP contribution >= 0.6 is 23.8 Å². The van der Waals surface area contributed by atoms with Crippen molar-refractivity contribution in [1.82, 2.24) is 14.5 Å². The van der Waals surface area contributed by atoms with E-state index in [0.717, 1.165) is 27.6 Å². The van der Waals surface area contributed by atoms with Crippen LogP contribution in [0.5, 0.6) is 0 Å². The maximum Gasteiger partial charge on any atom is 0.182 e. The molecule has 0 bridgehead atoms. The summed E-state index contributed by atoms with van der Waals surface area (Å²) in [5, 5.41) is 1.74. The number of imidazole rings is 1. The Bertz CT molecular complexity index is 1030. The highest BCUT2D eigenvalue weighted by Gasteiger charge is 2.09. The zero-order valence-corrected chi connectivity index (χ0v) is 12.4. The average molecular weight is 312 g/mol. The standard InChI is InChI=1S/C16H10ClN3S/c17-12-4-1-5-14-15(12)19-16(21)20(14)11-6-7-13-10(9-11)3-2-8-18-13/h1-9H,(H,19,21). The van der Waals surface area contributed by atoms with Gasteiger partial charge in [0.05, 0.1) is 21.6 Å². The van der Waals surface area contributed by atoms with Crippen molar-refractivity contribution < 1.29 is 0 Å². The fourth-order valence-electron chi connectivity index (χ4n) is 2.55. The zero-order valence-electron chi connectivity index (χ0n) is 10.9. The van der Waals surface area contributed by atoms with E-state index in [-0.39, 0.29) is 0 Å². The van der Waals surface area contributed by atoms with Crippen LogP contribution in [0, 0.1) is 4.77 Å². The second kappa shape index (κ2) is 4.69. The number of halogens is 1. The van der Waals surface area contributed by atoms with E-state index in [1.807, 2.05) is 47.0 Å². The van der Waals surface area contributed by atoms with Gasteiger partial charge in [-0.2, -0.15) is 0 Å². The molecule has 0 saturated carbocycles. The molecule has 2 heterocycles. The molecule has 0 aliphatic heterocycles. The predicted octanol–water partition coefficient (Wildman–Crippen LogP) is 4.89. The lowest BCUT2D eigenvalue weighted by molar-refractivity contribution is 1.07. The second-order valence-electron chi connectivity index (χ2n) is 4.78. The smallest absolute Gasteiger partial charge is 0.182 e. The highest BCUT2D eigenvalue weighted by molar-refractivity contribution is 7.71. The number of H-pyrrole nitrogens is 1. The number of para-hydroxylation sites is 1. The van der Waals surface area contributed by atoms with Crippen molar-refractivity contribution in [2.75, 3.05) is 0 Å². The molecule has 2 aromatic carbocycles. The number of pyridine rings is 1. The number of nitrogens with zero attached hydrogens (tertiary/aromatic N) is 2. The first-order valence-electron chi connectivity index (χ1n) is 6.48. The van der Waals surface area contributed by atoms with Crippen LogP contribution in [0.1, 0.15) is 0 Å². The van der Waals surface area contributed by atoms with Gasteiger partial charge in [0, 0.05) is 17.3 Å². The van der Waals surface area contributed by atoms with Gasteiger partial charge in [-0.15, -0.1) is 0 Å². The van der Waals surface area contributed by atoms with Gasteiger partial charge in [-0.1, -0.05) is 23.7 Å². The number of aromatic nitrogens is 3. The Hall–Kier alpha value is -2.17. The molecule has 0 fully saturated rings. The molecule has 0 radical (unpaired) electrons. The van der Waals surface area contributed by atoms with Crippen molar-refractivity contribution in [3.05, 3.63) is 64.5 Å². The molecule has 4 rings (SSSR count). The monoisotopic (exact) mass is 311 g/mol. The molecule has 4 aromatic rings. The van der Waals surface area contributed by atoms with E-state index in [2.05, 4.69) is 16.0 Å². The number of hydrogen-bond donors (Lipinski definition) is 1. The summed E-state index contributed by atoms with van der Waals surface area (Å²) in [6.45, 7) is 0. The van der Waals surface area contributed by atoms with Crippen LogP contribution in [0.3, 0.4) is 0 Å². The minimum Gasteiger partial charge on any atom is -0.329 e. The number of fused-ring (bicyclic) bond motifs is 2. The van der Waals surface area contributed by atoms with Gasteiger partial charge < -0.3 is 4.98 Å². The Labute approximate surface area is 130 Å². The Morgan fingerprint density at radius 1 is 1.10 bits per heavy atom. The summed E-state index contributed by atoms with van der Waals surface area (Å²) in [6.07, 6.45) is 1.79. The SMILES string of the molecule is S=c1[nH]c2c(Cl)cccc2n1-c1ccc2ncccc2c1. The van der Waals surface area contributed by atoms with E-state index in [0.29, 0.717) is 9.79 Å². The average Bonchev–Trinajstić information content (AvgIpc) is 2.84. The number of aromatic amines is 1. The van der Waals surface area contributed by atoms with Gasteiger partial charge in [-0.05, 0) is 48.6 Å². The largest absolute Gasteiger partial charge is 0.329 e. The molecule has 5 heteroatoms. The van der Waals surface area contributed by atoms with Gasteiger partial charge in [0.2, 0.25) is 0 Å². The van der Waals surface area contributed by atoms with Gasteiger partial charge in [-0.3, -0.25) is 9.55 Å². The van der Waals surface area contributed by atoms with Crippen molar-refractivity contribution in [3.8, 4) is 5.69 Å². The number of rotatable bonds is 1. The van der Waals surface area contributed by atoms with Crippen LogP contribution in [-0.2, 0) is 0 Å². The van der Waals surface area contributed by atoms with Crippen LogP contribution in [-0.4, -0.2) is 14.5 Å². The van der Waals surface area contributed by atoms with Crippen molar-refractivity contribution in [3.63, 3.8) is 0 Å². The van der Waals surface area contributed by atoms with Crippen LogP contribution in [0.25, 0.3) is 27.6 Å². The molecule has 1 N–H and O–H groups in total. The van der Waals surface area contributed by atoms with Crippen LogP contribution in [0.4, 0.5) is 0 Å². The van der Waals surface area contributed by atoms with E-state index < -0.39 is 0 Å². The van der Waals surface area contributed by atoms with Crippen molar-refractivity contribution in [2.24, 2.45) is 0 Å². The fourth-order valence-corrected chi connectivity index (χ4v) is 3.08. The molecule has 0 atom stereocenters. The predicted molar refractivity (Wildman–Crippen MR) is 88.8 cm³/mol. The molecular formula is C16H10ClN3S. The molecule has 0 spiro atoms. The first-order valence-corrected chi connectivity index (χ1v) is 7.27. The third kappa shape index (κ3) is 1.95. The van der Waals surface area contributed by atoms with Gasteiger partial charge in [0.25, 0.3) is 0 Å². The Morgan fingerprint density at radius 2 is 2.00 bits per heavy atom. The Balaban J connectivity index is 2.06. The third-order valence-corrected chi connectivity index (χ3v) is 4.11. The summed E-state index contributed by atoms with van der Waals surface area (Å²) in [5.74, 6) is 0. The molecule has 21 heavy (non-hydrogen) atoms. The number of hydrogen-bond acceptors (Lipinski definition) is 2. The topological polar surface area (TPSA) is 33.6 Å². The van der Waals surface area contributed by atoms with Crippen molar-refractivity contribution >= 4 is 45.8 Å². The summed E-state index contributed by atoms with van der Waals surface area (Å²) in [4.78, 5) is 7.51. The van der Waals surface area contributed by atoms with Crippen molar-refractivity contribution in [1.29, 1.82) is 0 Å². The molecule has 0 unspecified atom stereocenters. The molecule has 0 amide bonds. The first kappa shape index (κ1) is 12.6. The lowest BCUT2D eigenvalue weighted by atomic mass is 10.2. The highest BCUT2D eigenvalue weighted by atomic mass is 35.5. The van der Waals surface area contributed by atoms with Gasteiger partial charge in [0.1, 0.15) is 0 Å². The minimum atomic E-state index is 0.626. The lowest BCUT2D eigenvalue weighted by Crippen LogP contribution is -1.94. The molecule has 2 aromatic heterocycles. The van der Waals surface area contributed by atoms with Gasteiger partial charge >= 0.3 is 0 Å². The third-order valence-electron chi connectivity index (χ3n) is 3.51. The maximum absolute atomic E-state index is 6.22. The molecule has 0 saturated heterocycles. The fraction of sp³-hybridized carbons (Fsp3) is 0. The Morgan fingerprint density at radius 3 is 2.90 bits per heavy atom. The summed E-state index contributed by atoms with van der Waals surface area (Å²) in [6, 6.07) is 15.8. The van der Waals surface area contributed by atoms with Crippen molar-refractivity contribution in [2.45, 2.75) is 0 Å². The lowest BCUT2D eigenvalue weighted by Gasteiger charge is -2.06. The molecule has 3 nitrogen and oxygen atoms in total. The summed E-state index contributed by atoms with van der Waals surface area (Å²) < 4.78 is 2.62. The molecule has 0 aliphatic rings.